The molecule has 0 aliphatic heterocycles. The fraction of sp³-hybridized carbons (Fsp3) is 0.250. The van der Waals surface area contributed by atoms with Gasteiger partial charge in [-0.1, -0.05) is 30.3 Å². The summed E-state index contributed by atoms with van der Waals surface area (Å²) in [5.41, 5.74) is 2.70. The lowest BCUT2D eigenvalue weighted by Gasteiger charge is -2.31. The van der Waals surface area contributed by atoms with E-state index in [4.69, 9.17) is 0 Å². The van der Waals surface area contributed by atoms with Crippen molar-refractivity contribution in [3.05, 3.63) is 78.4 Å². The molecule has 1 aromatic heterocycles. The fourth-order valence-corrected chi connectivity index (χ4v) is 2.93. The molecule has 0 unspecified atom stereocenters. The van der Waals surface area contributed by atoms with Gasteiger partial charge in [0.1, 0.15) is 12.7 Å². The van der Waals surface area contributed by atoms with Crippen LogP contribution in [0.1, 0.15) is 22.0 Å². The van der Waals surface area contributed by atoms with Crippen molar-refractivity contribution in [2.24, 2.45) is 0 Å². The van der Waals surface area contributed by atoms with Crippen LogP contribution in [0.4, 0.5) is 0 Å². The van der Waals surface area contributed by atoms with Gasteiger partial charge in [-0.3, -0.25) is 9.36 Å². The van der Waals surface area contributed by atoms with Gasteiger partial charge >= 0.3 is 0 Å². The Morgan fingerprint density at radius 1 is 0.962 bits per heavy atom. The molecule has 134 valence electrons. The normalized spacial score (nSPS) is 12.2. The number of hydrogen-bond donors (Lipinski definition) is 0. The van der Waals surface area contributed by atoms with E-state index in [1.54, 1.807) is 17.2 Å². The second-order valence-corrected chi connectivity index (χ2v) is 6.52. The number of amides is 1. The Hall–Kier alpha value is -2.99. The van der Waals surface area contributed by atoms with E-state index >= 15 is 0 Å². The van der Waals surface area contributed by atoms with Crippen LogP contribution in [0.2, 0.25) is 0 Å². The molecule has 0 aliphatic rings. The number of carbonyl (C=O) groups is 1. The van der Waals surface area contributed by atoms with E-state index in [1.807, 2.05) is 68.5 Å². The first-order valence-corrected chi connectivity index (χ1v) is 8.48. The number of carbonyl (C=O) groups excluding carboxylic acids is 1. The van der Waals surface area contributed by atoms with Crippen LogP contribution in [0, 0.1) is 0 Å². The first-order valence-electron chi connectivity index (χ1n) is 8.48. The summed E-state index contributed by atoms with van der Waals surface area (Å²) in [7, 11) is 5.89. The number of likely N-dealkylation sites (N-methyl/N-ethyl adjacent to an activating group) is 2. The molecule has 0 saturated heterocycles. The molecule has 2 aromatic carbocycles. The Morgan fingerprint density at radius 2 is 1.58 bits per heavy atom. The lowest BCUT2D eigenvalue weighted by molar-refractivity contribution is 0.0705. The molecule has 0 bridgehead atoms. The topological polar surface area (TPSA) is 54.3 Å². The lowest BCUT2D eigenvalue weighted by atomic mass is 10.0. The van der Waals surface area contributed by atoms with Crippen molar-refractivity contribution in [3.8, 4) is 5.69 Å². The summed E-state index contributed by atoms with van der Waals surface area (Å²) in [5, 5.41) is 7.60. The maximum absolute atomic E-state index is 13.0. The van der Waals surface area contributed by atoms with Gasteiger partial charge in [-0.2, -0.15) is 0 Å². The first-order chi connectivity index (χ1) is 12.6. The Kier molecular flexibility index (Phi) is 5.43. The molecule has 6 nitrogen and oxygen atoms in total. The van der Waals surface area contributed by atoms with E-state index in [0.717, 1.165) is 17.8 Å². The molecule has 1 atom stereocenters. The molecule has 6 heteroatoms. The Balaban J connectivity index is 1.82. The highest BCUT2D eigenvalue weighted by Gasteiger charge is 2.23. The molecule has 3 aromatic rings. The highest BCUT2D eigenvalue weighted by Crippen LogP contribution is 2.22. The van der Waals surface area contributed by atoms with Gasteiger partial charge in [-0.15, -0.1) is 10.2 Å². The molecule has 1 amide bonds. The van der Waals surface area contributed by atoms with Gasteiger partial charge in [0.2, 0.25) is 0 Å². The zero-order valence-electron chi connectivity index (χ0n) is 15.3. The number of nitrogens with zero attached hydrogens (tertiary/aromatic N) is 5. The van der Waals surface area contributed by atoms with Crippen molar-refractivity contribution in [1.29, 1.82) is 0 Å². The second-order valence-electron chi connectivity index (χ2n) is 6.52. The maximum atomic E-state index is 13.0. The zero-order valence-corrected chi connectivity index (χ0v) is 15.3. The third-order valence-corrected chi connectivity index (χ3v) is 4.34. The van der Waals surface area contributed by atoms with Crippen LogP contribution in [0.3, 0.4) is 0 Å². The quantitative estimate of drug-likeness (QED) is 0.686. The molecule has 3 rings (SSSR count). The number of benzene rings is 2. The predicted octanol–water partition coefficient (Wildman–Crippen LogP) is 2.64. The standard InChI is InChI=1S/C20H23N5O/c1-23(2)13-19(16-7-5-4-6-8-16)24(3)20(26)17-9-11-18(12-10-17)25-14-21-22-15-25/h4-12,14-15,19H,13H2,1-3H3/t19-/m0/s1. The van der Waals surface area contributed by atoms with Crippen molar-refractivity contribution >= 4 is 5.91 Å². The lowest BCUT2D eigenvalue weighted by Crippen LogP contribution is -2.37. The van der Waals surface area contributed by atoms with Gasteiger partial charge in [0.05, 0.1) is 6.04 Å². The van der Waals surface area contributed by atoms with Crippen LogP contribution < -0.4 is 0 Å². The second kappa shape index (κ2) is 7.93. The third kappa shape index (κ3) is 3.97. The minimum Gasteiger partial charge on any atom is -0.333 e. The summed E-state index contributed by atoms with van der Waals surface area (Å²) in [6.45, 7) is 0.755. The Bertz CT molecular complexity index is 828. The summed E-state index contributed by atoms with van der Waals surface area (Å²) in [6.07, 6.45) is 3.26. The maximum Gasteiger partial charge on any atom is 0.254 e. The van der Waals surface area contributed by atoms with Crippen molar-refractivity contribution in [2.45, 2.75) is 6.04 Å². The summed E-state index contributed by atoms with van der Waals surface area (Å²) >= 11 is 0. The van der Waals surface area contributed by atoms with E-state index in [1.165, 1.54) is 0 Å². The highest BCUT2D eigenvalue weighted by molar-refractivity contribution is 5.94. The number of aromatic nitrogens is 3. The molecule has 0 N–H and O–H groups in total. The minimum atomic E-state index is -0.0174. The Labute approximate surface area is 153 Å². The average Bonchev–Trinajstić information content (AvgIpc) is 3.20. The molecule has 0 saturated carbocycles. The first kappa shape index (κ1) is 17.8. The molecule has 0 spiro atoms. The van der Waals surface area contributed by atoms with Crippen LogP contribution in [-0.2, 0) is 0 Å². The molecule has 1 heterocycles. The summed E-state index contributed by atoms with van der Waals surface area (Å²) < 4.78 is 1.80. The molecule has 0 radical (unpaired) electrons. The minimum absolute atomic E-state index is 0.00370. The van der Waals surface area contributed by atoms with Gasteiger partial charge in [0.15, 0.2) is 0 Å². The third-order valence-electron chi connectivity index (χ3n) is 4.34. The van der Waals surface area contributed by atoms with Gasteiger partial charge < -0.3 is 9.80 Å². The number of hydrogen-bond acceptors (Lipinski definition) is 4. The zero-order chi connectivity index (χ0) is 18.5. The van der Waals surface area contributed by atoms with Gasteiger partial charge in [0.25, 0.3) is 5.91 Å². The van der Waals surface area contributed by atoms with Crippen molar-refractivity contribution in [2.75, 3.05) is 27.7 Å². The van der Waals surface area contributed by atoms with Gasteiger partial charge in [-0.25, -0.2) is 0 Å². The molecule has 26 heavy (non-hydrogen) atoms. The van der Waals surface area contributed by atoms with Crippen molar-refractivity contribution in [3.63, 3.8) is 0 Å². The smallest absolute Gasteiger partial charge is 0.254 e. The SMILES string of the molecule is CN(C)C[C@@H](c1ccccc1)N(C)C(=O)c1ccc(-n2cnnc2)cc1. The van der Waals surface area contributed by atoms with E-state index in [0.29, 0.717) is 5.56 Å². The fourth-order valence-electron chi connectivity index (χ4n) is 2.93. The molecular formula is C20H23N5O. The Morgan fingerprint density at radius 3 is 2.15 bits per heavy atom. The summed E-state index contributed by atoms with van der Waals surface area (Å²) in [4.78, 5) is 16.9. The summed E-state index contributed by atoms with van der Waals surface area (Å²) in [5.74, 6) is -0.00370. The van der Waals surface area contributed by atoms with E-state index in [9.17, 15) is 4.79 Å². The van der Waals surface area contributed by atoms with E-state index in [2.05, 4.69) is 27.2 Å². The average molecular weight is 349 g/mol. The van der Waals surface area contributed by atoms with E-state index < -0.39 is 0 Å². The van der Waals surface area contributed by atoms with E-state index in [-0.39, 0.29) is 11.9 Å². The van der Waals surface area contributed by atoms with Crippen LogP contribution in [0.15, 0.2) is 67.3 Å². The summed E-state index contributed by atoms with van der Waals surface area (Å²) in [6, 6.07) is 17.6. The molecule has 0 aliphatic carbocycles. The van der Waals surface area contributed by atoms with Crippen LogP contribution in [0.5, 0.6) is 0 Å². The van der Waals surface area contributed by atoms with Crippen molar-refractivity contribution < 1.29 is 4.79 Å². The number of rotatable bonds is 6. The van der Waals surface area contributed by atoms with Gasteiger partial charge in [-0.05, 0) is 43.9 Å². The molecular weight excluding hydrogens is 326 g/mol. The highest BCUT2D eigenvalue weighted by atomic mass is 16.2. The predicted molar refractivity (Wildman–Crippen MR) is 101 cm³/mol. The largest absolute Gasteiger partial charge is 0.333 e. The monoisotopic (exact) mass is 349 g/mol. The van der Waals surface area contributed by atoms with Crippen LogP contribution in [0.25, 0.3) is 5.69 Å². The van der Waals surface area contributed by atoms with Crippen LogP contribution >= 0.6 is 0 Å². The molecule has 0 fully saturated rings. The van der Waals surface area contributed by atoms with Crippen LogP contribution in [-0.4, -0.2) is 58.2 Å². The van der Waals surface area contributed by atoms with Crippen molar-refractivity contribution in [1.82, 2.24) is 24.6 Å². The van der Waals surface area contributed by atoms with Gasteiger partial charge in [0, 0.05) is 24.8 Å².